The number of allylic oxidation sites excluding steroid dienone is 2. The molecule has 0 aliphatic rings. The molecule has 0 aliphatic heterocycles. The Morgan fingerprint density at radius 1 is 0.750 bits per heavy atom. The van der Waals surface area contributed by atoms with Crippen molar-refractivity contribution in [2.24, 2.45) is 0 Å². The molecule has 0 fully saturated rings. The van der Waals surface area contributed by atoms with Crippen molar-refractivity contribution in [1.29, 1.82) is 0 Å². The van der Waals surface area contributed by atoms with E-state index in [-0.39, 0.29) is 18.9 Å². The van der Waals surface area contributed by atoms with Gasteiger partial charge in [-0.25, -0.2) is 8.78 Å². The highest BCUT2D eigenvalue weighted by molar-refractivity contribution is 5.14. The van der Waals surface area contributed by atoms with Gasteiger partial charge in [-0.1, -0.05) is 25.8 Å². The molecule has 0 rings (SSSR count). The van der Waals surface area contributed by atoms with Crippen LogP contribution < -0.4 is 0 Å². The zero-order chi connectivity index (χ0) is 19.6. The molecule has 0 heterocycles. The fourth-order valence-electron chi connectivity index (χ4n) is 1.41. The summed E-state index contributed by atoms with van der Waals surface area (Å²) in [6.45, 7) is 1.56. The number of unbranched alkanes of at least 4 members (excludes halogenated alkanes) is 2. The third-order valence-corrected chi connectivity index (χ3v) is 2.95. The Labute approximate surface area is 128 Å². The lowest BCUT2D eigenvalue weighted by atomic mass is 9.94. The summed E-state index contributed by atoms with van der Waals surface area (Å²) in [5.74, 6) is -34.9. The first kappa shape index (κ1) is 22.9. The fourth-order valence-corrected chi connectivity index (χ4v) is 1.41. The third-order valence-electron chi connectivity index (χ3n) is 2.95. The van der Waals surface area contributed by atoms with E-state index in [1.165, 1.54) is 0 Å². The van der Waals surface area contributed by atoms with Crippen LogP contribution in [0.25, 0.3) is 0 Å². The van der Waals surface area contributed by atoms with Gasteiger partial charge >= 0.3 is 36.0 Å². The van der Waals surface area contributed by atoms with Gasteiger partial charge < -0.3 is 0 Å². The molecule has 24 heavy (non-hydrogen) atoms. The monoisotopic (exact) mass is 384 g/mol. The third kappa shape index (κ3) is 3.61. The van der Waals surface area contributed by atoms with Crippen LogP contribution in [-0.2, 0) is 0 Å². The molecular weight excluding hydrogens is 372 g/mol. The number of hydrogen-bond donors (Lipinski definition) is 0. The van der Waals surface area contributed by atoms with Gasteiger partial charge in [-0.2, -0.15) is 43.9 Å². The van der Waals surface area contributed by atoms with Gasteiger partial charge in [0.1, 0.15) is 0 Å². The van der Waals surface area contributed by atoms with E-state index in [9.17, 15) is 52.7 Å². The van der Waals surface area contributed by atoms with E-state index in [2.05, 4.69) is 0 Å². The van der Waals surface area contributed by atoms with Crippen molar-refractivity contribution in [2.75, 3.05) is 0 Å². The minimum absolute atomic E-state index is 0.161. The summed E-state index contributed by atoms with van der Waals surface area (Å²) in [4.78, 5) is 0. The molecule has 0 N–H and O–H groups in total. The Morgan fingerprint density at radius 3 is 1.58 bits per heavy atom. The molecule has 0 nitrogen and oxygen atoms in total. The van der Waals surface area contributed by atoms with Crippen LogP contribution in [0.2, 0.25) is 0 Å². The summed E-state index contributed by atoms with van der Waals surface area (Å²) in [5.41, 5.74) is 0. The summed E-state index contributed by atoms with van der Waals surface area (Å²) >= 11 is 0. The van der Waals surface area contributed by atoms with Crippen molar-refractivity contribution in [2.45, 2.75) is 62.2 Å². The van der Waals surface area contributed by atoms with Crippen LogP contribution in [0.4, 0.5) is 52.7 Å². The Hall–Kier alpha value is -1.10. The predicted molar refractivity (Wildman–Crippen MR) is 59.4 cm³/mol. The van der Waals surface area contributed by atoms with Gasteiger partial charge in [0.2, 0.25) is 0 Å². The minimum atomic E-state index is -7.46. The average molecular weight is 384 g/mol. The van der Waals surface area contributed by atoms with Gasteiger partial charge in [0, 0.05) is 0 Å². The van der Waals surface area contributed by atoms with E-state index < -0.39 is 42.1 Å². The maximum Gasteiger partial charge on any atom is 0.385 e. The van der Waals surface area contributed by atoms with Crippen LogP contribution in [-0.4, -0.2) is 36.0 Å². The molecule has 12 heteroatoms. The van der Waals surface area contributed by atoms with Gasteiger partial charge in [0.25, 0.3) is 0 Å². The molecule has 0 amide bonds. The second-order valence-electron chi connectivity index (χ2n) is 4.81. The molecule has 0 aromatic rings. The lowest BCUT2D eigenvalue weighted by molar-refractivity contribution is -0.406. The molecule has 0 bridgehead atoms. The minimum Gasteiger partial charge on any atom is -0.203 e. The molecule has 0 spiro atoms. The van der Waals surface area contributed by atoms with Crippen molar-refractivity contribution < 1.29 is 52.7 Å². The predicted octanol–water partition coefficient (Wildman–Crippen LogP) is 6.17. The summed E-state index contributed by atoms with van der Waals surface area (Å²) in [5, 5.41) is 0. The molecule has 0 aromatic heterocycles. The molecule has 0 saturated heterocycles. The van der Waals surface area contributed by atoms with Gasteiger partial charge in [-0.15, -0.1) is 0 Å². The molecule has 0 unspecified atom stereocenters. The molecular formula is C12H12F12. The van der Waals surface area contributed by atoms with Crippen molar-refractivity contribution in [3.8, 4) is 0 Å². The van der Waals surface area contributed by atoms with Crippen LogP contribution in [0.15, 0.2) is 12.2 Å². The molecule has 144 valence electrons. The number of alkyl halides is 12. The van der Waals surface area contributed by atoms with Gasteiger partial charge in [0.05, 0.1) is 0 Å². The van der Waals surface area contributed by atoms with Crippen LogP contribution in [0.3, 0.4) is 0 Å². The largest absolute Gasteiger partial charge is 0.385 e. The van der Waals surface area contributed by atoms with Crippen molar-refractivity contribution >= 4 is 0 Å². The number of halogens is 12. The first-order valence-electron chi connectivity index (χ1n) is 6.35. The maximum atomic E-state index is 13.2. The summed E-state index contributed by atoms with van der Waals surface area (Å²) in [6, 6.07) is 0. The average Bonchev–Trinajstić information content (AvgIpc) is 2.42. The van der Waals surface area contributed by atoms with E-state index in [4.69, 9.17) is 0 Å². The Morgan fingerprint density at radius 2 is 1.21 bits per heavy atom. The highest BCUT2D eigenvalue weighted by Crippen LogP contribution is 2.58. The van der Waals surface area contributed by atoms with Gasteiger partial charge in [-0.3, -0.25) is 0 Å². The number of hydrogen-bond acceptors (Lipinski definition) is 0. The van der Waals surface area contributed by atoms with Gasteiger partial charge in [0.15, 0.2) is 0 Å². The Balaban J connectivity index is 5.85. The van der Waals surface area contributed by atoms with Crippen LogP contribution >= 0.6 is 0 Å². The second-order valence-corrected chi connectivity index (χ2v) is 4.81. The van der Waals surface area contributed by atoms with Crippen molar-refractivity contribution in [1.82, 2.24) is 0 Å². The van der Waals surface area contributed by atoms with Crippen LogP contribution in [0.5, 0.6) is 0 Å². The lowest BCUT2D eigenvalue weighted by Crippen LogP contribution is -2.68. The van der Waals surface area contributed by atoms with E-state index in [0.717, 1.165) is 0 Å². The normalized spacial score (nSPS) is 15.6. The lowest BCUT2D eigenvalue weighted by Gasteiger charge is -2.38. The van der Waals surface area contributed by atoms with E-state index in [1.54, 1.807) is 6.92 Å². The van der Waals surface area contributed by atoms with Crippen LogP contribution in [0.1, 0.15) is 26.2 Å². The SMILES string of the molecule is CCCC/C=C\C(F)(F)C(F)(F)C(F)(F)C(F)(F)C(F)(F)C(F)F. The van der Waals surface area contributed by atoms with E-state index in [0.29, 0.717) is 6.42 Å². The molecule has 0 saturated carbocycles. The quantitative estimate of drug-likeness (QED) is 0.253. The summed E-state index contributed by atoms with van der Waals surface area (Å²) in [6.07, 6.45) is -5.81. The van der Waals surface area contributed by atoms with Gasteiger partial charge in [-0.05, 0) is 12.5 Å². The zero-order valence-corrected chi connectivity index (χ0v) is 11.9. The fraction of sp³-hybridized carbons (Fsp3) is 0.833. The highest BCUT2D eigenvalue weighted by Gasteiger charge is 2.87. The molecule has 0 aromatic carbocycles. The zero-order valence-electron chi connectivity index (χ0n) is 11.9. The Bertz CT molecular complexity index is 437. The second kappa shape index (κ2) is 7.03. The summed E-state index contributed by atoms with van der Waals surface area (Å²) in [7, 11) is 0. The molecule has 0 radical (unpaired) electrons. The van der Waals surface area contributed by atoms with Crippen molar-refractivity contribution in [3.63, 3.8) is 0 Å². The number of rotatable bonds is 9. The summed E-state index contributed by atoms with van der Waals surface area (Å²) < 4.78 is 153. The molecule has 0 aliphatic carbocycles. The highest BCUT2D eigenvalue weighted by atomic mass is 19.4. The maximum absolute atomic E-state index is 13.2. The first-order valence-corrected chi connectivity index (χ1v) is 6.35. The van der Waals surface area contributed by atoms with E-state index in [1.807, 2.05) is 0 Å². The van der Waals surface area contributed by atoms with E-state index >= 15 is 0 Å². The van der Waals surface area contributed by atoms with Crippen LogP contribution in [0, 0.1) is 0 Å². The topological polar surface area (TPSA) is 0 Å². The Kier molecular flexibility index (Phi) is 6.70. The van der Waals surface area contributed by atoms with Crippen molar-refractivity contribution in [3.05, 3.63) is 12.2 Å². The standard InChI is InChI=1S/C12H12F12/c1-2-3-4-5-6-8(15,16)10(19,20)12(23,24)11(21,22)9(17,18)7(13)14/h5-7H,2-4H2,1H3/b6-5-. The first-order chi connectivity index (χ1) is 10.5. The molecule has 0 atom stereocenters. The smallest absolute Gasteiger partial charge is 0.203 e.